The van der Waals surface area contributed by atoms with Crippen molar-refractivity contribution < 1.29 is 9.53 Å². The number of benzene rings is 1. The minimum atomic E-state index is -0.260. The highest BCUT2D eigenvalue weighted by Gasteiger charge is 2.40. The van der Waals surface area contributed by atoms with E-state index in [0.29, 0.717) is 17.6 Å². The van der Waals surface area contributed by atoms with Crippen molar-refractivity contribution in [3.05, 3.63) is 29.8 Å². The Hall–Kier alpha value is -1.51. The minimum absolute atomic E-state index is 0.260. The highest BCUT2D eigenvalue weighted by Crippen LogP contribution is 2.43. The standard InChI is InChI=1S/C17H23NO2/c1-3-16(12-4-5-12)18(15-10-11-15)14-8-6-13(7-9-14)17(19)20-2/h6-9,12,15-16H,3-5,10-11H2,1-2H3. The van der Waals surface area contributed by atoms with Crippen LogP contribution in [-0.4, -0.2) is 25.2 Å². The highest BCUT2D eigenvalue weighted by molar-refractivity contribution is 5.89. The Balaban J connectivity index is 1.82. The Labute approximate surface area is 120 Å². The molecule has 0 heterocycles. The predicted octanol–water partition coefficient (Wildman–Crippen LogP) is 3.63. The molecule has 20 heavy (non-hydrogen) atoms. The number of methoxy groups -OCH3 is 1. The van der Waals surface area contributed by atoms with E-state index < -0.39 is 0 Å². The van der Waals surface area contributed by atoms with Crippen molar-refractivity contribution in [1.82, 2.24) is 0 Å². The molecule has 108 valence electrons. The topological polar surface area (TPSA) is 29.5 Å². The van der Waals surface area contributed by atoms with Crippen LogP contribution in [0.25, 0.3) is 0 Å². The summed E-state index contributed by atoms with van der Waals surface area (Å²) in [6, 6.07) is 9.31. The van der Waals surface area contributed by atoms with Gasteiger partial charge in [0.25, 0.3) is 0 Å². The van der Waals surface area contributed by atoms with E-state index in [1.807, 2.05) is 12.1 Å². The van der Waals surface area contributed by atoms with E-state index in [-0.39, 0.29) is 5.97 Å². The molecule has 1 aromatic rings. The highest BCUT2D eigenvalue weighted by atomic mass is 16.5. The van der Waals surface area contributed by atoms with Crippen LogP contribution in [0.2, 0.25) is 0 Å². The second kappa shape index (κ2) is 5.47. The fourth-order valence-corrected chi connectivity index (χ4v) is 3.15. The van der Waals surface area contributed by atoms with E-state index in [1.54, 1.807) is 0 Å². The van der Waals surface area contributed by atoms with Gasteiger partial charge in [-0.05, 0) is 62.3 Å². The largest absolute Gasteiger partial charge is 0.465 e. The zero-order valence-electron chi connectivity index (χ0n) is 12.3. The maximum absolute atomic E-state index is 11.5. The zero-order valence-corrected chi connectivity index (χ0v) is 12.3. The van der Waals surface area contributed by atoms with E-state index in [2.05, 4.69) is 24.0 Å². The average molecular weight is 273 g/mol. The summed E-state index contributed by atoms with van der Waals surface area (Å²) in [5.74, 6) is 0.615. The van der Waals surface area contributed by atoms with E-state index >= 15 is 0 Å². The molecule has 0 amide bonds. The number of rotatable bonds is 6. The number of carbonyl (C=O) groups is 1. The SMILES string of the molecule is CCC(C1CC1)N(c1ccc(C(=O)OC)cc1)C1CC1. The lowest BCUT2D eigenvalue weighted by Crippen LogP contribution is -2.38. The normalized spacial score (nSPS) is 19.5. The van der Waals surface area contributed by atoms with E-state index in [4.69, 9.17) is 4.74 Å². The Kier molecular flexibility index (Phi) is 3.68. The Morgan fingerprint density at radius 3 is 2.35 bits per heavy atom. The first-order chi connectivity index (χ1) is 9.74. The fourth-order valence-electron chi connectivity index (χ4n) is 3.15. The molecule has 3 nitrogen and oxygen atoms in total. The summed E-state index contributed by atoms with van der Waals surface area (Å²) >= 11 is 0. The van der Waals surface area contributed by atoms with Gasteiger partial charge in [0.05, 0.1) is 12.7 Å². The van der Waals surface area contributed by atoms with Gasteiger partial charge in [-0.3, -0.25) is 0 Å². The quantitative estimate of drug-likeness (QED) is 0.741. The Morgan fingerprint density at radius 1 is 1.25 bits per heavy atom. The molecule has 0 radical (unpaired) electrons. The van der Waals surface area contributed by atoms with E-state index in [9.17, 15) is 4.79 Å². The summed E-state index contributed by atoms with van der Waals surface area (Å²) in [6.45, 7) is 2.29. The molecule has 0 aliphatic heterocycles. The maximum Gasteiger partial charge on any atom is 0.337 e. The molecule has 0 aromatic heterocycles. The molecule has 0 spiro atoms. The fraction of sp³-hybridized carbons (Fsp3) is 0.588. The number of hydrogen-bond acceptors (Lipinski definition) is 3. The van der Waals surface area contributed by atoms with Crippen LogP contribution in [0.15, 0.2) is 24.3 Å². The molecule has 1 aromatic carbocycles. The van der Waals surface area contributed by atoms with Crippen LogP contribution in [0.4, 0.5) is 5.69 Å². The van der Waals surface area contributed by atoms with Crippen LogP contribution in [0.1, 0.15) is 49.4 Å². The van der Waals surface area contributed by atoms with Crippen molar-refractivity contribution in [1.29, 1.82) is 0 Å². The van der Waals surface area contributed by atoms with Crippen molar-refractivity contribution in [2.75, 3.05) is 12.0 Å². The van der Waals surface area contributed by atoms with Crippen molar-refractivity contribution in [2.45, 2.75) is 51.1 Å². The molecule has 1 unspecified atom stereocenters. The van der Waals surface area contributed by atoms with Gasteiger partial charge >= 0.3 is 5.97 Å². The lowest BCUT2D eigenvalue weighted by atomic mass is 10.1. The molecule has 2 aliphatic rings. The van der Waals surface area contributed by atoms with Crippen LogP contribution < -0.4 is 4.90 Å². The summed E-state index contributed by atoms with van der Waals surface area (Å²) in [6.07, 6.45) is 6.58. The van der Waals surface area contributed by atoms with Crippen molar-refractivity contribution in [3.8, 4) is 0 Å². The average Bonchev–Trinajstić information content (AvgIpc) is 3.36. The predicted molar refractivity (Wildman–Crippen MR) is 80.1 cm³/mol. The molecule has 0 N–H and O–H groups in total. The van der Waals surface area contributed by atoms with Gasteiger partial charge in [0, 0.05) is 17.8 Å². The van der Waals surface area contributed by atoms with Crippen LogP contribution >= 0.6 is 0 Å². The zero-order chi connectivity index (χ0) is 14.1. The van der Waals surface area contributed by atoms with Crippen molar-refractivity contribution in [3.63, 3.8) is 0 Å². The minimum Gasteiger partial charge on any atom is -0.465 e. The molecule has 3 heteroatoms. The van der Waals surface area contributed by atoms with Crippen LogP contribution in [0.3, 0.4) is 0 Å². The number of esters is 1. The number of nitrogens with zero attached hydrogens (tertiary/aromatic N) is 1. The summed E-state index contributed by atoms with van der Waals surface area (Å²) in [5, 5.41) is 0. The summed E-state index contributed by atoms with van der Waals surface area (Å²) in [7, 11) is 1.42. The molecule has 0 bridgehead atoms. The molecule has 2 aliphatic carbocycles. The molecule has 1 atom stereocenters. The second-order valence-electron chi connectivity index (χ2n) is 5.99. The third kappa shape index (κ3) is 2.67. The number of carbonyl (C=O) groups excluding carboxylic acids is 1. The summed E-state index contributed by atoms with van der Waals surface area (Å²) in [4.78, 5) is 14.1. The molecule has 2 fully saturated rings. The van der Waals surface area contributed by atoms with Gasteiger partial charge in [0.2, 0.25) is 0 Å². The second-order valence-corrected chi connectivity index (χ2v) is 5.99. The Bertz CT molecular complexity index is 474. The third-order valence-electron chi connectivity index (χ3n) is 4.47. The summed E-state index contributed by atoms with van der Waals surface area (Å²) in [5.41, 5.74) is 1.89. The third-order valence-corrected chi connectivity index (χ3v) is 4.47. The van der Waals surface area contributed by atoms with Crippen LogP contribution in [0, 0.1) is 5.92 Å². The molecule has 2 saturated carbocycles. The molecular weight excluding hydrogens is 250 g/mol. The lowest BCUT2D eigenvalue weighted by molar-refractivity contribution is 0.0601. The molecule has 3 rings (SSSR count). The molecular formula is C17H23NO2. The van der Waals surface area contributed by atoms with Crippen molar-refractivity contribution in [2.24, 2.45) is 5.92 Å². The number of ether oxygens (including phenoxy) is 1. The van der Waals surface area contributed by atoms with Gasteiger partial charge in [-0.2, -0.15) is 0 Å². The van der Waals surface area contributed by atoms with Crippen LogP contribution in [0.5, 0.6) is 0 Å². The van der Waals surface area contributed by atoms with Crippen molar-refractivity contribution >= 4 is 11.7 Å². The first-order valence-electron chi connectivity index (χ1n) is 7.71. The number of hydrogen-bond donors (Lipinski definition) is 0. The van der Waals surface area contributed by atoms with Gasteiger partial charge in [-0.25, -0.2) is 4.79 Å². The lowest BCUT2D eigenvalue weighted by Gasteiger charge is -2.34. The van der Waals surface area contributed by atoms with Gasteiger partial charge in [0.15, 0.2) is 0 Å². The van der Waals surface area contributed by atoms with E-state index in [0.717, 1.165) is 5.92 Å². The monoisotopic (exact) mass is 273 g/mol. The maximum atomic E-state index is 11.5. The van der Waals surface area contributed by atoms with E-state index in [1.165, 1.54) is 44.9 Å². The van der Waals surface area contributed by atoms with Gasteiger partial charge in [-0.15, -0.1) is 0 Å². The first-order valence-corrected chi connectivity index (χ1v) is 7.71. The van der Waals surface area contributed by atoms with Gasteiger partial charge in [-0.1, -0.05) is 6.92 Å². The Morgan fingerprint density at radius 2 is 1.90 bits per heavy atom. The first kappa shape index (κ1) is 13.5. The van der Waals surface area contributed by atoms with Gasteiger partial charge < -0.3 is 9.64 Å². The number of anilines is 1. The summed E-state index contributed by atoms with van der Waals surface area (Å²) < 4.78 is 4.76. The molecule has 0 saturated heterocycles. The van der Waals surface area contributed by atoms with Gasteiger partial charge in [0.1, 0.15) is 0 Å². The smallest absolute Gasteiger partial charge is 0.337 e. The van der Waals surface area contributed by atoms with Crippen LogP contribution in [-0.2, 0) is 4.74 Å².